The first-order valence-corrected chi connectivity index (χ1v) is 8.03. The van der Waals surface area contributed by atoms with Gasteiger partial charge in [-0.05, 0) is 28.5 Å². The maximum Gasteiger partial charge on any atom is 0.237 e. The van der Waals surface area contributed by atoms with Crippen molar-refractivity contribution >= 4 is 18.3 Å². The molecule has 0 aliphatic rings. The lowest BCUT2D eigenvalue weighted by molar-refractivity contribution is -0.122. The molecule has 1 amide bonds. The van der Waals surface area contributed by atoms with Crippen molar-refractivity contribution < 1.29 is 4.79 Å². The van der Waals surface area contributed by atoms with Crippen LogP contribution < -0.4 is 11.1 Å². The molecule has 0 unspecified atom stereocenters. The molecule has 4 heteroatoms. The third-order valence-electron chi connectivity index (χ3n) is 3.92. The van der Waals surface area contributed by atoms with Gasteiger partial charge in [0, 0.05) is 6.54 Å². The molecule has 24 heavy (non-hydrogen) atoms. The van der Waals surface area contributed by atoms with Crippen LogP contribution in [0.4, 0.5) is 0 Å². The van der Waals surface area contributed by atoms with Gasteiger partial charge in [-0.1, -0.05) is 75.4 Å². The zero-order valence-electron chi connectivity index (χ0n) is 14.6. The fourth-order valence-corrected chi connectivity index (χ4v) is 2.40. The van der Waals surface area contributed by atoms with E-state index in [1.165, 1.54) is 5.56 Å². The van der Waals surface area contributed by atoms with Crippen LogP contribution in [0.1, 0.15) is 37.5 Å². The smallest absolute Gasteiger partial charge is 0.237 e. The number of hydrogen-bond donors (Lipinski definition) is 2. The number of nitrogens with one attached hydrogen (secondary N) is 1. The number of hydrogen-bond acceptors (Lipinski definition) is 2. The van der Waals surface area contributed by atoms with Crippen LogP contribution >= 0.6 is 12.4 Å². The second kappa shape index (κ2) is 8.86. The summed E-state index contributed by atoms with van der Waals surface area (Å²) in [7, 11) is 0. The molecule has 2 aromatic rings. The Kier molecular flexibility index (Phi) is 7.46. The Bertz CT molecular complexity index is 633. The van der Waals surface area contributed by atoms with Crippen molar-refractivity contribution in [1.29, 1.82) is 0 Å². The first kappa shape index (κ1) is 20.2. The summed E-state index contributed by atoms with van der Waals surface area (Å²) < 4.78 is 0. The summed E-state index contributed by atoms with van der Waals surface area (Å²) in [6.07, 6.45) is 0.551. The quantitative estimate of drug-likeness (QED) is 0.869. The highest BCUT2D eigenvalue weighted by atomic mass is 35.5. The highest BCUT2D eigenvalue weighted by molar-refractivity contribution is 5.85. The van der Waals surface area contributed by atoms with E-state index in [0.717, 1.165) is 11.1 Å². The van der Waals surface area contributed by atoms with Crippen molar-refractivity contribution in [3.8, 4) is 0 Å². The van der Waals surface area contributed by atoms with E-state index in [-0.39, 0.29) is 23.7 Å². The molecule has 2 aromatic carbocycles. The Hall–Kier alpha value is -1.84. The summed E-state index contributed by atoms with van der Waals surface area (Å²) in [4.78, 5) is 12.1. The third kappa shape index (κ3) is 5.99. The Morgan fingerprint density at radius 3 is 2.12 bits per heavy atom. The summed E-state index contributed by atoms with van der Waals surface area (Å²) in [5.74, 6) is -0.117. The van der Waals surface area contributed by atoms with Crippen LogP contribution in [-0.4, -0.2) is 11.9 Å². The van der Waals surface area contributed by atoms with Crippen molar-refractivity contribution in [3.63, 3.8) is 0 Å². The van der Waals surface area contributed by atoms with E-state index < -0.39 is 6.04 Å². The van der Waals surface area contributed by atoms with E-state index in [2.05, 4.69) is 50.4 Å². The molecule has 0 aromatic heterocycles. The summed E-state index contributed by atoms with van der Waals surface area (Å²) in [6.45, 7) is 7.07. The van der Waals surface area contributed by atoms with E-state index in [0.29, 0.717) is 13.0 Å². The van der Waals surface area contributed by atoms with Gasteiger partial charge in [0.15, 0.2) is 0 Å². The molecular weight excluding hydrogens is 320 g/mol. The first-order chi connectivity index (χ1) is 10.9. The molecule has 3 nitrogen and oxygen atoms in total. The van der Waals surface area contributed by atoms with Crippen LogP contribution in [0.3, 0.4) is 0 Å². The molecule has 0 aliphatic carbocycles. The molecule has 130 valence electrons. The predicted molar refractivity (Wildman–Crippen MR) is 102 cm³/mol. The zero-order valence-corrected chi connectivity index (χ0v) is 15.4. The van der Waals surface area contributed by atoms with Crippen LogP contribution in [0, 0.1) is 0 Å². The van der Waals surface area contributed by atoms with E-state index >= 15 is 0 Å². The van der Waals surface area contributed by atoms with Gasteiger partial charge in [0.25, 0.3) is 0 Å². The first-order valence-electron chi connectivity index (χ1n) is 8.03. The van der Waals surface area contributed by atoms with Crippen molar-refractivity contribution in [2.75, 3.05) is 0 Å². The van der Waals surface area contributed by atoms with Crippen LogP contribution in [0.5, 0.6) is 0 Å². The largest absolute Gasteiger partial charge is 0.351 e. The molecule has 0 heterocycles. The second-order valence-corrected chi connectivity index (χ2v) is 6.96. The third-order valence-corrected chi connectivity index (χ3v) is 3.92. The molecule has 0 radical (unpaired) electrons. The van der Waals surface area contributed by atoms with E-state index in [1.54, 1.807) is 0 Å². The lowest BCUT2D eigenvalue weighted by atomic mass is 9.87. The number of carbonyl (C=O) groups excluding carboxylic acids is 1. The summed E-state index contributed by atoms with van der Waals surface area (Å²) in [5.41, 5.74) is 9.56. The zero-order chi connectivity index (χ0) is 16.9. The second-order valence-electron chi connectivity index (χ2n) is 6.96. The average Bonchev–Trinajstić information content (AvgIpc) is 2.53. The minimum Gasteiger partial charge on any atom is -0.351 e. The monoisotopic (exact) mass is 346 g/mol. The minimum absolute atomic E-state index is 0. The predicted octanol–water partition coefficient (Wildman–Crippen LogP) is 3.59. The Morgan fingerprint density at radius 1 is 1.00 bits per heavy atom. The number of halogens is 1. The molecule has 0 bridgehead atoms. The van der Waals surface area contributed by atoms with Crippen molar-refractivity contribution in [1.82, 2.24) is 5.32 Å². The SMILES string of the molecule is CC(C)(C)c1ccc(CNC(=O)[C@@H](N)Cc2ccccc2)cc1.Cl. The van der Waals surface area contributed by atoms with Crippen molar-refractivity contribution in [2.24, 2.45) is 5.73 Å². The molecule has 0 saturated heterocycles. The number of benzene rings is 2. The maximum absolute atomic E-state index is 12.1. The van der Waals surface area contributed by atoms with Crippen molar-refractivity contribution in [2.45, 2.75) is 45.2 Å². The standard InChI is InChI=1S/C20H26N2O.ClH/c1-20(2,3)17-11-9-16(10-12-17)14-22-19(23)18(21)13-15-7-5-4-6-8-15;/h4-12,18H,13-14,21H2,1-3H3,(H,22,23);1H/t18-;/m0./s1. The Balaban J connectivity index is 0.00000288. The van der Waals surface area contributed by atoms with E-state index in [9.17, 15) is 4.79 Å². The van der Waals surface area contributed by atoms with Gasteiger partial charge in [0.1, 0.15) is 0 Å². The lowest BCUT2D eigenvalue weighted by Gasteiger charge is -2.19. The Labute approximate surface area is 151 Å². The molecular formula is C20H27ClN2O. The van der Waals surface area contributed by atoms with Crippen LogP contribution in [0.15, 0.2) is 54.6 Å². The maximum atomic E-state index is 12.1. The van der Waals surface area contributed by atoms with Gasteiger partial charge in [0.05, 0.1) is 6.04 Å². The average molecular weight is 347 g/mol. The summed E-state index contributed by atoms with van der Waals surface area (Å²) in [5, 5.41) is 2.91. The molecule has 0 saturated carbocycles. The fraction of sp³-hybridized carbons (Fsp3) is 0.350. The van der Waals surface area contributed by atoms with Crippen LogP contribution in [0.2, 0.25) is 0 Å². The number of nitrogens with two attached hydrogens (primary N) is 1. The van der Waals surface area contributed by atoms with Gasteiger partial charge in [-0.2, -0.15) is 0 Å². The minimum atomic E-state index is -0.522. The number of carbonyl (C=O) groups is 1. The molecule has 0 spiro atoms. The van der Waals surface area contributed by atoms with Crippen molar-refractivity contribution in [3.05, 3.63) is 71.3 Å². The summed E-state index contributed by atoms with van der Waals surface area (Å²) in [6, 6.07) is 17.7. The van der Waals surface area contributed by atoms with Gasteiger partial charge in [0.2, 0.25) is 5.91 Å². The molecule has 2 rings (SSSR count). The topological polar surface area (TPSA) is 55.1 Å². The van der Waals surface area contributed by atoms with Gasteiger partial charge in [-0.25, -0.2) is 0 Å². The molecule has 0 fully saturated rings. The van der Waals surface area contributed by atoms with Crippen LogP contribution in [-0.2, 0) is 23.2 Å². The van der Waals surface area contributed by atoms with Gasteiger partial charge >= 0.3 is 0 Å². The van der Waals surface area contributed by atoms with Crippen LogP contribution in [0.25, 0.3) is 0 Å². The Morgan fingerprint density at radius 2 is 1.58 bits per heavy atom. The highest BCUT2D eigenvalue weighted by Gasteiger charge is 2.15. The molecule has 1 atom stereocenters. The van der Waals surface area contributed by atoms with E-state index in [1.807, 2.05) is 30.3 Å². The highest BCUT2D eigenvalue weighted by Crippen LogP contribution is 2.22. The van der Waals surface area contributed by atoms with E-state index in [4.69, 9.17) is 5.73 Å². The van der Waals surface area contributed by atoms with Gasteiger partial charge < -0.3 is 11.1 Å². The number of rotatable bonds is 5. The fourth-order valence-electron chi connectivity index (χ4n) is 2.40. The molecule has 3 N–H and O–H groups in total. The summed E-state index contributed by atoms with van der Waals surface area (Å²) >= 11 is 0. The van der Waals surface area contributed by atoms with Gasteiger partial charge in [-0.3, -0.25) is 4.79 Å². The number of amides is 1. The normalized spacial score (nSPS) is 12.2. The molecule has 0 aliphatic heterocycles. The van der Waals surface area contributed by atoms with Gasteiger partial charge in [-0.15, -0.1) is 12.4 Å². The lowest BCUT2D eigenvalue weighted by Crippen LogP contribution is -2.41.